The number of hydrogen-bond donors (Lipinski definition) is 2. The van der Waals surface area contributed by atoms with Crippen molar-refractivity contribution < 1.29 is 19.1 Å². The van der Waals surface area contributed by atoms with Crippen LogP contribution in [0.1, 0.15) is 23.7 Å². The van der Waals surface area contributed by atoms with Crippen LogP contribution in [0.4, 0.5) is 5.69 Å². The van der Waals surface area contributed by atoms with Crippen LogP contribution in [-0.2, 0) is 14.3 Å². The number of carbonyl (C=O) groups is 3. The molecular weight excluding hydrogens is 318 g/mol. The summed E-state index contributed by atoms with van der Waals surface area (Å²) >= 11 is 1.21. The van der Waals surface area contributed by atoms with Gasteiger partial charge in [0, 0.05) is 19.2 Å². The van der Waals surface area contributed by atoms with E-state index in [0.717, 1.165) is 0 Å². The zero-order valence-corrected chi connectivity index (χ0v) is 13.6. The topological polar surface area (TPSA) is 96.9 Å². The fourth-order valence-electron chi connectivity index (χ4n) is 1.93. The highest BCUT2D eigenvalue weighted by molar-refractivity contribution is 8.15. The van der Waals surface area contributed by atoms with E-state index in [1.54, 1.807) is 38.2 Å². The maximum atomic E-state index is 12.2. The Morgan fingerprint density at radius 2 is 2.09 bits per heavy atom. The Balaban J connectivity index is 2.00. The number of anilines is 1. The first-order valence-electron chi connectivity index (χ1n) is 7.04. The summed E-state index contributed by atoms with van der Waals surface area (Å²) < 4.78 is 4.89. The molecular formula is C15H17N3O4S. The molecule has 0 spiro atoms. The Bertz CT molecular complexity index is 643. The number of esters is 1. The maximum Gasteiger partial charge on any atom is 0.338 e. The van der Waals surface area contributed by atoms with Crippen molar-refractivity contribution in [3.8, 4) is 0 Å². The number of thioether (sulfide) groups is 1. The van der Waals surface area contributed by atoms with Crippen molar-refractivity contribution in [1.82, 2.24) is 5.32 Å². The number of amidine groups is 1. The van der Waals surface area contributed by atoms with Crippen LogP contribution in [-0.4, -0.2) is 41.9 Å². The molecule has 1 heterocycles. The van der Waals surface area contributed by atoms with Gasteiger partial charge in [-0.05, 0) is 31.2 Å². The predicted octanol–water partition coefficient (Wildman–Crippen LogP) is 1.41. The second-order valence-electron chi connectivity index (χ2n) is 4.67. The van der Waals surface area contributed by atoms with Gasteiger partial charge >= 0.3 is 5.97 Å². The Morgan fingerprint density at radius 1 is 1.39 bits per heavy atom. The fourth-order valence-corrected chi connectivity index (χ4v) is 2.87. The molecule has 2 rings (SSSR count). The first kappa shape index (κ1) is 17.0. The molecule has 0 aliphatic carbocycles. The molecule has 1 atom stereocenters. The van der Waals surface area contributed by atoms with E-state index in [0.29, 0.717) is 23.0 Å². The lowest BCUT2D eigenvalue weighted by Crippen LogP contribution is -2.41. The molecule has 0 aromatic heterocycles. The lowest BCUT2D eigenvalue weighted by atomic mass is 10.2. The molecule has 122 valence electrons. The molecule has 2 amide bonds. The quantitative estimate of drug-likeness (QED) is 0.811. The molecule has 1 aliphatic heterocycles. The lowest BCUT2D eigenvalue weighted by molar-refractivity contribution is -0.123. The number of rotatable bonds is 4. The standard InChI is InChI=1S/C15H17N3O4S/c1-3-22-14(21)9-4-6-10(7-5-9)17-13(20)11-8-12(19)18-15(16-2)23-11/h4-7,11H,3,8H2,1-2H3,(H,17,20)(H,16,18,19). The SMILES string of the molecule is CCOC(=O)c1ccc(NC(=O)C2CC(=O)NC(=NC)S2)cc1. The number of nitrogens with zero attached hydrogens (tertiary/aromatic N) is 1. The number of carbonyl (C=O) groups excluding carboxylic acids is 3. The second-order valence-corrected chi connectivity index (χ2v) is 5.87. The van der Waals surface area contributed by atoms with Gasteiger partial charge in [0.15, 0.2) is 5.17 Å². The minimum Gasteiger partial charge on any atom is -0.462 e. The monoisotopic (exact) mass is 335 g/mol. The Kier molecular flexibility index (Phi) is 5.75. The van der Waals surface area contributed by atoms with Crippen molar-refractivity contribution in [2.45, 2.75) is 18.6 Å². The van der Waals surface area contributed by atoms with Gasteiger partial charge in [0.25, 0.3) is 0 Å². The van der Waals surface area contributed by atoms with E-state index >= 15 is 0 Å². The third kappa shape index (κ3) is 4.56. The first-order chi connectivity index (χ1) is 11.0. The molecule has 1 aromatic rings. The average Bonchev–Trinajstić information content (AvgIpc) is 2.55. The van der Waals surface area contributed by atoms with Crippen LogP contribution in [0, 0.1) is 0 Å². The van der Waals surface area contributed by atoms with E-state index in [2.05, 4.69) is 15.6 Å². The fraction of sp³-hybridized carbons (Fsp3) is 0.333. The van der Waals surface area contributed by atoms with Crippen molar-refractivity contribution >= 4 is 40.4 Å². The predicted molar refractivity (Wildman–Crippen MR) is 88.5 cm³/mol. The van der Waals surface area contributed by atoms with Gasteiger partial charge in [0.2, 0.25) is 11.8 Å². The zero-order valence-electron chi connectivity index (χ0n) is 12.8. The van der Waals surface area contributed by atoms with Gasteiger partial charge in [0.1, 0.15) is 5.25 Å². The smallest absolute Gasteiger partial charge is 0.338 e. The number of aliphatic imine (C=N–C) groups is 1. The third-order valence-corrected chi connectivity index (χ3v) is 4.20. The van der Waals surface area contributed by atoms with Gasteiger partial charge in [-0.1, -0.05) is 11.8 Å². The summed E-state index contributed by atoms with van der Waals surface area (Å²) in [4.78, 5) is 39.2. The van der Waals surface area contributed by atoms with Gasteiger partial charge in [-0.3, -0.25) is 14.6 Å². The highest BCUT2D eigenvalue weighted by Crippen LogP contribution is 2.22. The molecule has 1 saturated heterocycles. The molecule has 1 aliphatic rings. The summed E-state index contributed by atoms with van der Waals surface area (Å²) in [6, 6.07) is 6.39. The van der Waals surface area contributed by atoms with Crippen molar-refractivity contribution in [3.63, 3.8) is 0 Å². The molecule has 2 N–H and O–H groups in total. The molecule has 23 heavy (non-hydrogen) atoms. The van der Waals surface area contributed by atoms with Gasteiger partial charge in [-0.15, -0.1) is 0 Å². The van der Waals surface area contributed by atoms with Crippen LogP contribution in [0.2, 0.25) is 0 Å². The average molecular weight is 335 g/mol. The van der Waals surface area contributed by atoms with Gasteiger partial charge in [0.05, 0.1) is 12.2 Å². The van der Waals surface area contributed by atoms with Crippen molar-refractivity contribution in [2.75, 3.05) is 19.0 Å². The first-order valence-corrected chi connectivity index (χ1v) is 7.92. The molecule has 1 unspecified atom stereocenters. The molecule has 1 aromatic carbocycles. The van der Waals surface area contributed by atoms with Gasteiger partial charge in [-0.2, -0.15) is 0 Å². The summed E-state index contributed by atoms with van der Waals surface area (Å²) in [5.74, 6) is -0.925. The van der Waals surface area contributed by atoms with E-state index in [4.69, 9.17) is 4.74 Å². The van der Waals surface area contributed by atoms with Crippen LogP contribution >= 0.6 is 11.8 Å². The van der Waals surface area contributed by atoms with Crippen molar-refractivity contribution in [1.29, 1.82) is 0 Å². The number of amides is 2. The number of hydrogen-bond acceptors (Lipinski definition) is 6. The highest BCUT2D eigenvalue weighted by atomic mass is 32.2. The van der Waals surface area contributed by atoms with E-state index in [1.807, 2.05) is 0 Å². The van der Waals surface area contributed by atoms with E-state index < -0.39 is 11.2 Å². The summed E-state index contributed by atoms with van der Waals surface area (Å²) in [5, 5.41) is 5.21. The summed E-state index contributed by atoms with van der Waals surface area (Å²) in [5.41, 5.74) is 0.960. The van der Waals surface area contributed by atoms with E-state index in [-0.39, 0.29) is 18.2 Å². The largest absolute Gasteiger partial charge is 0.462 e. The van der Waals surface area contributed by atoms with Crippen LogP contribution in [0.15, 0.2) is 29.3 Å². The third-order valence-electron chi connectivity index (χ3n) is 3.03. The second kappa shape index (κ2) is 7.77. The molecule has 7 nitrogen and oxygen atoms in total. The van der Waals surface area contributed by atoms with Gasteiger partial charge in [-0.25, -0.2) is 4.79 Å². The van der Waals surface area contributed by atoms with Gasteiger partial charge < -0.3 is 15.4 Å². The summed E-state index contributed by atoms with van der Waals surface area (Å²) in [7, 11) is 1.55. The number of benzene rings is 1. The highest BCUT2D eigenvalue weighted by Gasteiger charge is 2.29. The molecule has 0 radical (unpaired) electrons. The van der Waals surface area contributed by atoms with Crippen LogP contribution in [0.5, 0.6) is 0 Å². The summed E-state index contributed by atoms with van der Waals surface area (Å²) in [6.45, 7) is 2.04. The van der Waals surface area contributed by atoms with Crippen molar-refractivity contribution in [3.05, 3.63) is 29.8 Å². The Hall–Kier alpha value is -2.35. The molecule has 0 bridgehead atoms. The minimum atomic E-state index is -0.535. The van der Waals surface area contributed by atoms with Crippen molar-refractivity contribution in [2.24, 2.45) is 4.99 Å². The molecule has 0 saturated carbocycles. The van der Waals surface area contributed by atoms with Crippen LogP contribution < -0.4 is 10.6 Å². The molecule has 8 heteroatoms. The Labute approximate surface area is 137 Å². The zero-order chi connectivity index (χ0) is 16.8. The summed E-state index contributed by atoms with van der Waals surface area (Å²) in [6.07, 6.45) is 0.0937. The normalized spacial score (nSPS) is 19.1. The maximum absolute atomic E-state index is 12.2. The van der Waals surface area contributed by atoms with Crippen LogP contribution in [0.3, 0.4) is 0 Å². The number of nitrogens with one attached hydrogen (secondary N) is 2. The van der Waals surface area contributed by atoms with E-state index in [9.17, 15) is 14.4 Å². The lowest BCUT2D eigenvalue weighted by Gasteiger charge is -2.21. The minimum absolute atomic E-state index is 0.0937. The molecule has 1 fully saturated rings. The van der Waals surface area contributed by atoms with E-state index in [1.165, 1.54) is 11.8 Å². The van der Waals surface area contributed by atoms with Crippen LogP contribution in [0.25, 0.3) is 0 Å². The number of ether oxygens (including phenoxy) is 1. The Morgan fingerprint density at radius 3 is 2.70 bits per heavy atom.